The second-order valence-electron chi connectivity index (χ2n) is 9.25. The molecular formula is C24H37NO5. The number of esters is 2. The molecule has 2 N–H and O–H groups in total. The zero-order valence-electron chi connectivity index (χ0n) is 19.4. The van der Waals surface area contributed by atoms with Crippen LogP contribution in [0.25, 0.3) is 0 Å². The van der Waals surface area contributed by atoms with Crippen LogP contribution in [0, 0.1) is 17.3 Å². The highest BCUT2D eigenvalue weighted by Gasteiger charge is 2.29. The Morgan fingerprint density at radius 3 is 1.80 bits per heavy atom. The molecule has 3 atom stereocenters. The van der Waals surface area contributed by atoms with Gasteiger partial charge in [-0.1, -0.05) is 61.3 Å². The quantitative estimate of drug-likeness (QED) is 0.328. The summed E-state index contributed by atoms with van der Waals surface area (Å²) in [6.45, 7) is 13.6. The molecule has 168 valence electrons. The molecular weight excluding hydrogens is 382 g/mol. The summed E-state index contributed by atoms with van der Waals surface area (Å²) in [7, 11) is 0. The second-order valence-corrected chi connectivity index (χ2v) is 9.25. The van der Waals surface area contributed by atoms with Gasteiger partial charge in [0.2, 0.25) is 0 Å². The lowest BCUT2D eigenvalue weighted by atomic mass is 9.83. The number of hydrogen-bond donors (Lipinski definition) is 1. The van der Waals surface area contributed by atoms with Crippen LogP contribution in [0.5, 0.6) is 11.5 Å². The summed E-state index contributed by atoms with van der Waals surface area (Å²) in [4.78, 5) is 37.4. The predicted octanol–water partition coefficient (Wildman–Crippen LogP) is 4.93. The second kappa shape index (κ2) is 11.3. The van der Waals surface area contributed by atoms with Gasteiger partial charge in [-0.05, 0) is 35.4 Å². The summed E-state index contributed by atoms with van der Waals surface area (Å²) in [6.07, 6.45) is 2.18. The maximum atomic E-state index is 12.8. The SMILES string of the molecule is CCC(C)CC(=O)Oc1ccc(C(=O)C(N)C(C)(C)C)cc1OC(=O)CC(C)CC. The predicted molar refractivity (Wildman–Crippen MR) is 118 cm³/mol. The maximum absolute atomic E-state index is 12.8. The molecule has 1 aromatic carbocycles. The third-order valence-electron chi connectivity index (χ3n) is 5.32. The summed E-state index contributed by atoms with van der Waals surface area (Å²) < 4.78 is 11.0. The number of Topliss-reactive ketones (excluding diaryl/α,β-unsaturated/α-hetero) is 1. The lowest BCUT2D eigenvalue weighted by Gasteiger charge is -2.26. The van der Waals surface area contributed by atoms with Gasteiger partial charge in [-0.3, -0.25) is 14.4 Å². The van der Waals surface area contributed by atoms with E-state index in [-0.39, 0.29) is 42.0 Å². The Bertz CT molecular complexity index is 750. The molecule has 0 heterocycles. The van der Waals surface area contributed by atoms with E-state index in [0.717, 1.165) is 12.8 Å². The van der Waals surface area contributed by atoms with Crippen LogP contribution in [0.15, 0.2) is 18.2 Å². The third kappa shape index (κ3) is 7.90. The molecule has 0 aliphatic heterocycles. The number of benzene rings is 1. The van der Waals surface area contributed by atoms with Gasteiger partial charge in [0.25, 0.3) is 0 Å². The van der Waals surface area contributed by atoms with Crippen molar-refractivity contribution in [2.75, 3.05) is 0 Å². The molecule has 0 spiro atoms. The van der Waals surface area contributed by atoms with Crippen LogP contribution in [-0.4, -0.2) is 23.8 Å². The number of rotatable bonds is 10. The number of hydrogen-bond acceptors (Lipinski definition) is 6. The minimum Gasteiger partial charge on any atom is -0.423 e. The van der Waals surface area contributed by atoms with Crippen LogP contribution < -0.4 is 15.2 Å². The molecule has 6 nitrogen and oxygen atoms in total. The van der Waals surface area contributed by atoms with E-state index in [1.54, 1.807) is 6.07 Å². The van der Waals surface area contributed by atoms with Crippen molar-refractivity contribution in [3.63, 3.8) is 0 Å². The molecule has 6 heteroatoms. The zero-order chi connectivity index (χ0) is 23.1. The van der Waals surface area contributed by atoms with E-state index in [9.17, 15) is 14.4 Å². The van der Waals surface area contributed by atoms with Crippen LogP contribution in [0.4, 0.5) is 0 Å². The van der Waals surface area contributed by atoms with Crippen molar-refractivity contribution in [3.8, 4) is 11.5 Å². The standard InChI is InChI=1S/C24H37NO5/c1-8-15(3)12-20(26)29-18-11-10-17(22(28)23(25)24(5,6)7)14-19(18)30-21(27)13-16(4)9-2/h10-11,14-16,23H,8-9,12-13,25H2,1-7H3. The minimum absolute atomic E-state index is 0.0627. The summed E-state index contributed by atoms with van der Waals surface area (Å²) in [6, 6.07) is 3.75. The van der Waals surface area contributed by atoms with Gasteiger partial charge in [-0.15, -0.1) is 0 Å². The Morgan fingerprint density at radius 2 is 1.37 bits per heavy atom. The zero-order valence-corrected chi connectivity index (χ0v) is 19.4. The van der Waals surface area contributed by atoms with E-state index in [2.05, 4.69) is 0 Å². The Kier molecular flexibility index (Phi) is 9.69. The van der Waals surface area contributed by atoms with E-state index in [1.807, 2.05) is 48.5 Å². The number of carbonyl (C=O) groups excluding carboxylic acids is 3. The topological polar surface area (TPSA) is 95.7 Å². The normalized spacial score (nSPS) is 14.5. The third-order valence-corrected chi connectivity index (χ3v) is 5.32. The highest BCUT2D eigenvalue weighted by atomic mass is 16.6. The monoisotopic (exact) mass is 419 g/mol. The van der Waals surface area contributed by atoms with Gasteiger partial charge in [0.15, 0.2) is 17.3 Å². The summed E-state index contributed by atoms with van der Waals surface area (Å²) in [5.74, 6) is -0.580. The van der Waals surface area contributed by atoms with Gasteiger partial charge in [-0.2, -0.15) is 0 Å². The Labute approximate surface area is 180 Å². The smallest absolute Gasteiger partial charge is 0.311 e. The first-order chi connectivity index (χ1) is 13.9. The Morgan fingerprint density at radius 1 is 0.900 bits per heavy atom. The van der Waals surface area contributed by atoms with Crippen LogP contribution in [0.2, 0.25) is 0 Å². The van der Waals surface area contributed by atoms with E-state index >= 15 is 0 Å². The molecule has 0 saturated carbocycles. The van der Waals surface area contributed by atoms with Crippen LogP contribution in [-0.2, 0) is 9.59 Å². The molecule has 0 radical (unpaired) electrons. The van der Waals surface area contributed by atoms with E-state index in [1.165, 1.54) is 12.1 Å². The van der Waals surface area contributed by atoms with Gasteiger partial charge < -0.3 is 15.2 Å². The molecule has 0 amide bonds. The van der Waals surface area contributed by atoms with Crippen molar-refractivity contribution < 1.29 is 23.9 Å². The fourth-order valence-corrected chi connectivity index (χ4v) is 2.58. The number of nitrogens with two attached hydrogens (primary N) is 1. The fraction of sp³-hybridized carbons (Fsp3) is 0.625. The molecule has 0 aromatic heterocycles. The van der Waals surface area contributed by atoms with E-state index < -0.39 is 23.4 Å². The minimum atomic E-state index is -0.722. The average molecular weight is 420 g/mol. The molecule has 0 aliphatic rings. The van der Waals surface area contributed by atoms with Crippen molar-refractivity contribution in [2.24, 2.45) is 23.0 Å². The number of carbonyl (C=O) groups is 3. The first-order valence-corrected chi connectivity index (χ1v) is 10.7. The van der Waals surface area contributed by atoms with Gasteiger partial charge in [0, 0.05) is 18.4 Å². The molecule has 3 unspecified atom stereocenters. The van der Waals surface area contributed by atoms with Crippen molar-refractivity contribution in [3.05, 3.63) is 23.8 Å². The van der Waals surface area contributed by atoms with Gasteiger partial charge >= 0.3 is 11.9 Å². The average Bonchev–Trinajstić information content (AvgIpc) is 2.66. The van der Waals surface area contributed by atoms with Gasteiger partial charge in [0.1, 0.15) is 0 Å². The summed E-state index contributed by atoms with van der Waals surface area (Å²) in [5, 5.41) is 0. The highest BCUT2D eigenvalue weighted by molar-refractivity contribution is 6.01. The van der Waals surface area contributed by atoms with Crippen LogP contribution in [0.3, 0.4) is 0 Å². The van der Waals surface area contributed by atoms with Crippen molar-refractivity contribution in [2.45, 2.75) is 80.2 Å². The molecule has 30 heavy (non-hydrogen) atoms. The number of ketones is 1. The fourth-order valence-electron chi connectivity index (χ4n) is 2.58. The Hall–Kier alpha value is -2.21. The molecule has 1 aromatic rings. The van der Waals surface area contributed by atoms with Gasteiger partial charge in [-0.25, -0.2) is 0 Å². The van der Waals surface area contributed by atoms with Gasteiger partial charge in [0.05, 0.1) is 6.04 Å². The van der Waals surface area contributed by atoms with E-state index in [4.69, 9.17) is 15.2 Å². The van der Waals surface area contributed by atoms with Crippen LogP contribution in [0.1, 0.15) is 84.5 Å². The molecule has 0 bridgehead atoms. The molecule has 0 fully saturated rings. The van der Waals surface area contributed by atoms with Crippen molar-refractivity contribution in [1.29, 1.82) is 0 Å². The molecule has 0 aliphatic carbocycles. The molecule has 1 rings (SSSR count). The van der Waals surface area contributed by atoms with E-state index in [0.29, 0.717) is 5.56 Å². The number of ether oxygens (including phenoxy) is 2. The van der Waals surface area contributed by atoms with Crippen LogP contribution >= 0.6 is 0 Å². The summed E-state index contributed by atoms with van der Waals surface area (Å²) >= 11 is 0. The van der Waals surface area contributed by atoms with Crippen molar-refractivity contribution >= 4 is 17.7 Å². The first-order valence-electron chi connectivity index (χ1n) is 10.7. The van der Waals surface area contributed by atoms with Crippen molar-refractivity contribution in [1.82, 2.24) is 0 Å². The summed E-state index contributed by atoms with van der Waals surface area (Å²) in [5.41, 5.74) is 5.99. The lowest BCUT2D eigenvalue weighted by molar-refractivity contribution is -0.138. The lowest BCUT2D eigenvalue weighted by Crippen LogP contribution is -2.42. The largest absolute Gasteiger partial charge is 0.423 e. The highest BCUT2D eigenvalue weighted by Crippen LogP contribution is 2.31. The maximum Gasteiger partial charge on any atom is 0.311 e. The molecule has 0 saturated heterocycles. The Balaban J connectivity index is 3.19. The first kappa shape index (κ1) is 25.8.